The van der Waals surface area contributed by atoms with Crippen molar-refractivity contribution < 1.29 is 4.42 Å². The maximum atomic E-state index is 6.87. The number of thiophene rings is 1. The normalized spacial score (nSPS) is 12.2. The van der Waals surface area contributed by atoms with Crippen molar-refractivity contribution in [3.63, 3.8) is 0 Å². The summed E-state index contributed by atoms with van der Waals surface area (Å²) in [5, 5.41) is 10.6. The Morgan fingerprint density at radius 1 is 0.472 bits per heavy atom. The minimum atomic E-state index is 0.616. The molecule has 5 heteroatoms. The van der Waals surface area contributed by atoms with E-state index in [1.807, 2.05) is 17.4 Å². The average molecular weight is 694 g/mol. The lowest BCUT2D eigenvalue weighted by molar-refractivity contribution is 0.670. The number of hydrogen-bond acceptors (Lipinski definition) is 4. The fourth-order valence-electron chi connectivity index (χ4n) is 8.46. The van der Waals surface area contributed by atoms with Crippen LogP contribution in [0.5, 0.6) is 0 Å². The van der Waals surface area contributed by atoms with Crippen LogP contribution in [0.25, 0.3) is 114 Å². The molecule has 12 rings (SSSR count). The van der Waals surface area contributed by atoms with Crippen LogP contribution in [0, 0.1) is 0 Å². The van der Waals surface area contributed by atoms with E-state index in [-0.39, 0.29) is 0 Å². The van der Waals surface area contributed by atoms with Gasteiger partial charge < -0.3 is 4.42 Å². The average Bonchev–Trinajstić information content (AvgIpc) is 3.91. The summed E-state index contributed by atoms with van der Waals surface area (Å²) >= 11 is 1.87. The number of rotatable bonds is 3. The molecule has 0 aliphatic rings. The van der Waals surface area contributed by atoms with Crippen LogP contribution in [0.15, 0.2) is 168 Å². The smallest absolute Gasteiger partial charge is 0.236 e. The number of hydrogen-bond donors (Lipinski definition) is 0. The molecule has 12 aromatic rings. The Balaban J connectivity index is 1.26. The third-order valence-corrected chi connectivity index (χ3v) is 12.0. The van der Waals surface area contributed by atoms with E-state index in [9.17, 15) is 0 Å². The van der Waals surface area contributed by atoms with Crippen LogP contribution in [0.3, 0.4) is 0 Å². The largest absolute Gasteiger partial charge is 0.451 e. The zero-order valence-electron chi connectivity index (χ0n) is 28.2. The second-order valence-corrected chi connectivity index (χ2v) is 14.7. The molecule has 0 atom stereocenters. The Morgan fingerprint density at radius 2 is 1.17 bits per heavy atom. The van der Waals surface area contributed by atoms with Gasteiger partial charge in [0.2, 0.25) is 5.95 Å². The zero-order valence-corrected chi connectivity index (χ0v) is 29.1. The summed E-state index contributed by atoms with van der Waals surface area (Å²) in [7, 11) is 0. The molecular weight excluding hydrogens is 667 g/mol. The maximum Gasteiger partial charge on any atom is 0.236 e. The van der Waals surface area contributed by atoms with Crippen LogP contribution in [-0.2, 0) is 0 Å². The molecule has 0 unspecified atom stereocenters. The molecule has 0 bridgehead atoms. The molecule has 0 saturated heterocycles. The van der Waals surface area contributed by atoms with Crippen LogP contribution in [0.4, 0.5) is 0 Å². The first-order valence-corrected chi connectivity index (χ1v) is 18.7. The van der Waals surface area contributed by atoms with Gasteiger partial charge in [-0.05, 0) is 46.2 Å². The lowest BCUT2D eigenvalue weighted by atomic mass is 10.00. The van der Waals surface area contributed by atoms with Crippen molar-refractivity contribution in [3.05, 3.63) is 164 Å². The summed E-state index contributed by atoms with van der Waals surface area (Å²) in [6.07, 6.45) is 0. The van der Waals surface area contributed by atoms with Gasteiger partial charge in [-0.25, -0.2) is 9.97 Å². The highest BCUT2D eigenvalue weighted by atomic mass is 32.1. The number of aromatic nitrogens is 3. The van der Waals surface area contributed by atoms with E-state index in [2.05, 4.69) is 162 Å². The molecule has 0 N–H and O–H groups in total. The van der Waals surface area contributed by atoms with Gasteiger partial charge in [0, 0.05) is 52.7 Å². The van der Waals surface area contributed by atoms with Crippen LogP contribution in [0.2, 0.25) is 0 Å². The predicted octanol–water partition coefficient (Wildman–Crippen LogP) is 13.5. The van der Waals surface area contributed by atoms with Crippen LogP contribution in [0.1, 0.15) is 0 Å². The Morgan fingerprint density at radius 3 is 2.06 bits per heavy atom. The minimum Gasteiger partial charge on any atom is -0.451 e. The molecule has 0 saturated carbocycles. The summed E-state index contributed by atoms with van der Waals surface area (Å²) < 4.78 is 11.7. The van der Waals surface area contributed by atoms with Crippen molar-refractivity contribution >= 4 is 96.9 Å². The van der Waals surface area contributed by atoms with Gasteiger partial charge in [0.1, 0.15) is 16.8 Å². The van der Waals surface area contributed by atoms with E-state index < -0.39 is 0 Å². The molecule has 4 nitrogen and oxygen atoms in total. The highest BCUT2D eigenvalue weighted by molar-refractivity contribution is 7.27. The third kappa shape index (κ3) is 4.05. The monoisotopic (exact) mass is 693 g/mol. The Bertz CT molecular complexity index is 3460. The maximum absolute atomic E-state index is 6.87. The van der Waals surface area contributed by atoms with Gasteiger partial charge >= 0.3 is 0 Å². The first-order chi connectivity index (χ1) is 26.3. The summed E-state index contributed by atoms with van der Waals surface area (Å²) in [6.45, 7) is 0. The highest BCUT2D eigenvalue weighted by Crippen LogP contribution is 2.48. The summed E-state index contributed by atoms with van der Waals surface area (Å²) in [6, 6.07) is 58.1. The molecule has 53 heavy (non-hydrogen) atoms. The lowest BCUT2D eigenvalue weighted by Gasteiger charge is -2.12. The Labute approximate surface area is 306 Å². The van der Waals surface area contributed by atoms with Crippen molar-refractivity contribution in [1.82, 2.24) is 14.5 Å². The molecule has 0 radical (unpaired) electrons. The number of para-hydroxylation sites is 1. The van der Waals surface area contributed by atoms with Gasteiger partial charge in [0.05, 0.1) is 11.0 Å². The highest BCUT2D eigenvalue weighted by Gasteiger charge is 2.25. The second kappa shape index (κ2) is 10.8. The van der Waals surface area contributed by atoms with E-state index in [1.54, 1.807) is 0 Å². The van der Waals surface area contributed by atoms with Crippen LogP contribution >= 0.6 is 11.3 Å². The van der Waals surface area contributed by atoms with Crippen molar-refractivity contribution in [2.75, 3.05) is 0 Å². The first-order valence-electron chi connectivity index (χ1n) is 17.8. The molecule has 0 fully saturated rings. The Kier molecular flexibility index (Phi) is 5.90. The van der Waals surface area contributed by atoms with Gasteiger partial charge in [0.25, 0.3) is 0 Å². The van der Waals surface area contributed by atoms with E-state index >= 15 is 0 Å². The van der Waals surface area contributed by atoms with Crippen LogP contribution in [-0.4, -0.2) is 14.5 Å². The molecule has 0 aliphatic carbocycles. The van der Waals surface area contributed by atoms with Crippen molar-refractivity contribution in [2.24, 2.45) is 0 Å². The summed E-state index contributed by atoms with van der Waals surface area (Å²) in [4.78, 5) is 11.0. The predicted molar refractivity (Wildman–Crippen MR) is 222 cm³/mol. The fraction of sp³-hybridized carbons (Fsp3) is 0. The first kappa shape index (κ1) is 28.8. The van der Waals surface area contributed by atoms with Gasteiger partial charge in [0.15, 0.2) is 5.58 Å². The molecule has 246 valence electrons. The zero-order chi connectivity index (χ0) is 34.6. The molecular formula is C48H27N3OS. The topological polar surface area (TPSA) is 43.9 Å². The van der Waals surface area contributed by atoms with E-state index in [4.69, 9.17) is 14.4 Å². The van der Waals surface area contributed by atoms with Crippen molar-refractivity contribution in [3.8, 4) is 28.3 Å². The standard InChI is InChI=1S/C48H27N3OS/c1-2-13-28(14-3-1)30-16-12-17-31(27-30)42-46-43(37-26-25-29-15-4-5-18-32(29)45(37)52-46)50-48(49-42)51-38-23-10-8-21-35(38)41-44(51)34-20-7-6-19-33(34)40-36-22-9-11-24-39(36)53-47(40)41/h1-27H. The molecule has 0 aliphatic heterocycles. The van der Waals surface area contributed by atoms with E-state index in [0.29, 0.717) is 11.5 Å². The van der Waals surface area contributed by atoms with Gasteiger partial charge in [-0.2, -0.15) is 0 Å². The molecule has 0 spiro atoms. The summed E-state index contributed by atoms with van der Waals surface area (Å²) in [5.41, 5.74) is 8.50. The minimum absolute atomic E-state index is 0.616. The van der Waals surface area contributed by atoms with E-state index in [0.717, 1.165) is 60.7 Å². The number of furan rings is 1. The lowest BCUT2D eigenvalue weighted by Crippen LogP contribution is -2.03. The molecule has 0 amide bonds. The fourth-order valence-corrected chi connectivity index (χ4v) is 9.74. The summed E-state index contributed by atoms with van der Waals surface area (Å²) in [5.74, 6) is 0.616. The van der Waals surface area contributed by atoms with E-state index in [1.165, 1.54) is 41.7 Å². The molecule has 8 aromatic carbocycles. The van der Waals surface area contributed by atoms with Gasteiger partial charge in [-0.1, -0.05) is 140 Å². The van der Waals surface area contributed by atoms with Gasteiger partial charge in [-0.15, -0.1) is 11.3 Å². The quantitative estimate of drug-likeness (QED) is 0.185. The van der Waals surface area contributed by atoms with Crippen LogP contribution < -0.4 is 0 Å². The van der Waals surface area contributed by atoms with Gasteiger partial charge in [-0.3, -0.25) is 4.57 Å². The van der Waals surface area contributed by atoms with Crippen molar-refractivity contribution in [1.29, 1.82) is 0 Å². The number of fused-ring (bicyclic) bond motifs is 15. The van der Waals surface area contributed by atoms with Crippen molar-refractivity contribution in [2.45, 2.75) is 0 Å². The number of benzene rings is 8. The number of nitrogens with zero attached hydrogens (tertiary/aromatic N) is 3. The third-order valence-electron chi connectivity index (χ3n) is 10.8. The Hall–Kier alpha value is -6.82. The molecule has 4 aromatic heterocycles. The molecule has 4 heterocycles. The SMILES string of the molecule is c1ccc(-c2cccc(-c3nc(-n4c5ccccc5c5c6sc7ccccc7c6c6ccccc6c54)nc4c3oc3c5ccccc5ccc43)c2)cc1. The second-order valence-electron chi connectivity index (χ2n) is 13.7.